The van der Waals surface area contributed by atoms with Gasteiger partial charge in [0, 0.05) is 44.4 Å². The van der Waals surface area contributed by atoms with Crippen molar-refractivity contribution in [2.45, 2.75) is 49.9 Å². The minimum Gasteiger partial charge on any atom is -0.379 e. The number of ether oxygens (including phenoxy) is 1. The summed E-state index contributed by atoms with van der Waals surface area (Å²) in [4.78, 5) is 33.0. The van der Waals surface area contributed by atoms with Crippen molar-refractivity contribution < 1.29 is 13.9 Å². The second-order valence-electron chi connectivity index (χ2n) is 8.62. The monoisotopic (exact) mass is 490 g/mol. The van der Waals surface area contributed by atoms with Gasteiger partial charge in [-0.2, -0.15) is 0 Å². The number of aryl methyl sites for hydroxylation is 1. The van der Waals surface area contributed by atoms with Crippen LogP contribution in [0, 0.1) is 12.7 Å². The van der Waals surface area contributed by atoms with Crippen LogP contribution in [0.5, 0.6) is 0 Å². The minimum absolute atomic E-state index is 0.0175. The zero-order chi connectivity index (χ0) is 24.5. The fourth-order valence-corrected chi connectivity index (χ4v) is 5.16. The number of carbonyl (C=O) groups is 1. The third kappa shape index (κ3) is 7.38. The number of aromatic nitrogens is 2. The molecule has 1 aliphatic heterocycles. The number of nitrogens with one attached hydrogen (secondary N) is 1. The minimum atomic E-state index is -0.311. The number of carbonyl (C=O) groups excluding carboxylic acids is 1. The SMILES string of the molecule is CCCC(Sc1nc(C)c(Cc2ccc(F)cc2)c(=O)n1C)C(=O)NCCCN1CCOCC1. The second-order valence-corrected chi connectivity index (χ2v) is 9.79. The average Bonchev–Trinajstić information content (AvgIpc) is 2.84. The van der Waals surface area contributed by atoms with Gasteiger partial charge in [-0.25, -0.2) is 9.37 Å². The molecule has 0 aliphatic carbocycles. The molecule has 2 aromatic rings. The van der Waals surface area contributed by atoms with Gasteiger partial charge in [0.15, 0.2) is 5.16 Å². The number of hydrogen-bond donors (Lipinski definition) is 1. The van der Waals surface area contributed by atoms with Crippen LogP contribution in [-0.2, 0) is 23.0 Å². The maximum absolute atomic E-state index is 13.2. The fraction of sp³-hybridized carbons (Fsp3) is 0.560. The Labute approximate surface area is 205 Å². The molecule has 1 aromatic heterocycles. The van der Waals surface area contributed by atoms with Crippen molar-refractivity contribution in [2.75, 3.05) is 39.4 Å². The summed E-state index contributed by atoms with van der Waals surface area (Å²) >= 11 is 1.34. The van der Waals surface area contributed by atoms with Crippen LogP contribution in [0.15, 0.2) is 34.2 Å². The van der Waals surface area contributed by atoms with Crippen LogP contribution < -0.4 is 10.9 Å². The van der Waals surface area contributed by atoms with Gasteiger partial charge in [0.2, 0.25) is 5.91 Å². The third-order valence-corrected chi connectivity index (χ3v) is 7.30. The molecule has 0 radical (unpaired) electrons. The largest absolute Gasteiger partial charge is 0.379 e. The van der Waals surface area contributed by atoms with E-state index in [1.807, 2.05) is 13.8 Å². The van der Waals surface area contributed by atoms with Crippen molar-refractivity contribution >= 4 is 17.7 Å². The van der Waals surface area contributed by atoms with E-state index in [1.165, 1.54) is 28.5 Å². The number of morpholine rings is 1. The Morgan fingerprint density at radius 3 is 2.65 bits per heavy atom. The lowest BCUT2D eigenvalue weighted by Gasteiger charge is -2.26. The third-order valence-electron chi connectivity index (χ3n) is 5.99. The topological polar surface area (TPSA) is 76.5 Å². The molecule has 1 fully saturated rings. The van der Waals surface area contributed by atoms with Crippen molar-refractivity contribution in [3.05, 3.63) is 57.3 Å². The highest BCUT2D eigenvalue weighted by Crippen LogP contribution is 2.25. The van der Waals surface area contributed by atoms with E-state index in [1.54, 1.807) is 19.2 Å². The molecule has 3 rings (SSSR count). The molecular formula is C25H35FN4O3S. The van der Waals surface area contributed by atoms with E-state index in [4.69, 9.17) is 4.74 Å². The van der Waals surface area contributed by atoms with Gasteiger partial charge in [0.25, 0.3) is 5.56 Å². The van der Waals surface area contributed by atoms with Crippen LogP contribution in [0.1, 0.15) is 43.0 Å². The number of hydrogen-bond acceptors (Lipinski definition) is 6. The van der Waals surface area contributed by atoms with Crippen molar-refractivity contribution in [1.82, 2.24) is 19.8 Å². The number of thioether (sulfide) groups is 1. The highest BCUT2D eigenvalue weighted by Gasteiger charge is 2.22. The van der Waals surface area contributed by atoms with Gasteiger partial charge in [-0.15, -0.1) is 0 Å². The molecule has 2 heterocycles. The molecule has 0 bridgehead atoms. The predicted molar refractivity (Wildman–Crippen MR) is 133 cm³/mol. The van der Waals surface area contributed by atoms with Crippen molar-refractivity contribution in [3.8, 4) is 0 Å². The number of rotatable bonds is 11. The molecule has 1 aromatic carbocycles. The van der Waals surface area contributed by atoms with Crippen LogP contribution in [0.3, 0.4) is 0 Å². The molecule has 0 spiro atoms. The number of nitrogens with zero attached hydrogens (tertiary/aromatic N) is 3. The van der Waals surface area contributed by atoms with E-state index in [9.17, 15) is 14.0 Å². The normalized spacial score (nSPS) is 15.3. The first-order valence-corrected chi connectivity index (χ1v) is 12.8. The first-order chi connectivity index (χ1) is 16.4. The molecule has 1 atom stereocenters. The van der Waals surface area contributed by atoms with Gasteiger partial charge >= 0.3 is 0 Å². The van der Waals surface area contributed by atoms with Gasteiger partial charge < -0.3 is 10.1 Å². The maximum atomic E-state index is 13.2. The van der Waals surface area contributed by atoms with Gasteiger partial charge in [-0.1, -0.05) is 37.2 Å². The summed E-state index contributed by atoms with van der Waals surface area (Å²) in [5.41, 5.74) is 1.93. The lowest BCUT2D eigenvalue weighted by atomic mass is 10.1. The summed E-state index contributed by atoms with van der Waals surface area (Å²) in [5, 5.41) is 3.28. The van der Waals surface area contributed by atoms with Crippen LogP contribution in [-0.4, -0.2) is 65.0 Å². The molecular weight excluding hydrogens is 455 g/mol. The summed E-state index contributed by atoms with van der Waals surface area (Å²) in [5.74, 6) is -0.323. The van der Waals surface area contributed by atoms with Gasteiger partial charge in [0.05, 0.1) is 18.5 Å². The summed E-state index contributed by atoms with van der Waals surface area (Å²) in [7, 11) is 1.69. The Morgan fingerprint density at radius 1 is 1.26 bits per heavy atom. The van der Waals surface area contributed by atoms with Crippen molar-refractivity contribution in [2.24, 2.45) is 7.05 Å². The molecule has 1 amide bonds. The molecule has 34 heavy (non-hydrogen) atoms. The van der Waals surface area contributed by atoms with Crippen molar-refractivity contribution in [1.29, 1.82) is 0 Å². The summed E-state index contributed by atoms with van der Waals surface area (Å²) in [6.45, 7) is 8.86. The molecule has 1 aliphatic rings. The zero-order valence-electron chi connectivity index (χ0n) is 20.3. The van der Waals surface area contributed by atoms with E-state index in [2.05, 4.69) is 15.2 Å². The Bertz CT molecular complexity index is 1010. The standard InChI is InChI=1S/C25H35FN4O3S/c1-4-6-22(23(31)27-11-5-12-30-13-15-33-16-14-30)34-25-28-18(2)21(24(32)29(25)3)17-19-7-9-20(26)10-8-19/h7-10,22H,4-6,11-17H2,1-3H3,(H,27,31). The quantitative estimate of drug-likeness (QED) is 0.297. The van der Waals surface area contributed by atoms with Crippen LogP contribution in [0.25, 0.3) is 0 Å². The second kappa shape index (κ2) is 13.0. The lowest BCUT2D eigenvalue weighted by molar-refractivity contribution is -0.120. The van der Waals surface area contributed by atoms with Crippen LogP contribution >= 0.6 is 11.8 Å². The average molecular weight is 491 g/mol. The highest BCUT2D eigenvalue weighted by atomic mass is 32.2. The molecule has 1 unspecified atom stereocenters. The first kappa shape index (κ1) is 26.4. The smallest absolute Gasteiger partial charge is 0.257 e. The van der Waals surface area contributed by atoms with Crippen LogP contribution in [0.4, 0.5) is 4.39 Å². The predicted octanol–water partition coefficient (Wildman–Crippen LogP) is 2.92. The first-order valence-electron chi connectivity index (χ1n) is 11.9. The molecule has 0 saturated carbocycles. The molecule has 9 heteroatoms. The number of amides is 1. The number of benzene rings is 1. The zero-order valence-corrected chi connectivity index (χ0v) is 21.1. The van der Waals surface area contributed by atoms with E-state index in [-0.39, 0.29) is 22.5 Å². The van der Waals surface area contributed by atoms with Crippen LogP contribution in [0.2, 0.25) is 0 Å². The van der Waals surface area contributed by atoms with E-state index in [0.717, 1.165) is 51.3 Å². The highest BCUT2D eigenvalue weighted by molar-refractivity contribution is 8.00. The molecule has 1 N–H and O–H groups in total. The van der Waals surface area contributed by atoms with Gasteiger partial charge in [0.1, 0.15) is 5.82 Å². The maximum Gasteiger partial charge on any atom is 0.257 e. The molecule has 7 nitrogen and oxygen atoms in total. The van der Waals surface area contributed by atoms with Gasteiger partial charge in [-0.05, 0) is 44.0 Å². The Hall–Kier alpha value is -2.23. The van der Waals surface area contributed by atoms with E-state index >= 15 is 0 Å². The Kier molecular flexibility index (Phi) is 10.1. The summed E-state index contributed by atoms with van der Waals surface area (Å²) in [6, 6.07) is 6.14. The van der Waals surface area contributed by atoms with E-state index in [0.29, 0.717) is 35.8 Å². The number of halogens is 1. The molecule has 186 valence electrons. The Balaban J connectivity index is 1.62. The fourth-order valence-electron chi connectivity index (χ4n) is 3.93. The summed E-state index contributed by atoms with van der Waals surface area (Å²) < 4.78 is 20.1. The lowest BCUT2D eigenvalue weighted by Crippen LogP contribution is -2.39. The van der Waals surface area contributed by atoms with Crippen molar-refractivity contribution in [3.63, 3.8) is 0 Å². The Morgan fingerprint density at radius 2 is 1.97 bits per heavy atom. The van der Waals surface area contributed by atoms with E-state index < -0.39 is 0 Å². The summed E-state index contributed by atoms with van der Waals surface area (Å²) in [6.07, 6.45) is 2.84. The molecule has 1 saturated heterocycles. The van der Waals surface area contributed by atoms with Gasteiger partial charge in [-0.3, -0.25) is 19.1 Å².